The first-order chi connectivity index (χ1) is 15.6. The lowest BCUT2D eigenvalue weighted by atomic mass is 10.1. The van der Waals surface area contributed by atoms with Gasteiger partial charge in [-0.2, -0.15) is 0 Å². The molecule has 1 unspecified atom stereocenters. The molecule has 1 aliphatic rings. The number of ether oxygens (including phenoxy) is 2. The summed E-state index contributed by atoms with van der Waals surface area (Å²) in [6.45, 7) is 8.49. The molecule has 0 saturated carbocycles. The molecule has 1 atom stereocenters. The fraction of sp³-hybridized carbons (Fsp3) is 0.440. The van der Waals surface area contributed by atoms with Crippen LogP contribution < -0.4 is 10.1 Å². The lowest BCUT2D eigenvalue weighted by Crippen LogP contribution is -2.51. The van der Waals surface area contributed by atoms with Gasteiger partial charge in [-0.25, -0.2) is 9.18 Å². The fourth-order valence-corrected chi connectivity index (χ4v) is 3.59. The first-order valence-corrected chi connectivity index (χ1v) is 11.1. The van der Waals surface area contributed by atoms with Gasteiger partial charge in [0.2, 0.25) is 0 Å². The molecule has 2 amide bonds. The van der Waals surface area contributed by atoms with Crippen molar-refractivity contribution in [2.24, 2.45) is 0 Å². The number of carbonyl (C=O) groups excluding carboxylic acids is 2. The molecule has 0 bridgehead atoms. The maximum absolute atomic E-state index is 13.9. The number of amides is 2. The second-order valence-corrected chi connectivity index (χ2v) is 9.03. The van der Waals surface area contributed by atoms with E-state index in [0.29, 0.717) is 44.0 Å². The third-order valence-corrected chi connectivity index (χ3v) is 5.29. The third-order valence-electron chi connectivity index (χ3n) is 5.29. The molecule has 0 aliphatic carbocycles. The van der Waals surface area contributed by atoms with Gasteiger partial charge in [-0.05, 0) is 62.7 Å². The normalized spacial score (nSPS) is 15.6. The van der Waals surface area contributed by atoms with Crippen molar-refractivity contribution in [3.8, 4) is 5.75 Å². The van der Waals surface area contributed by atoms with Crippen molar-refractivity contribution in [2.45, 2.75) is 32.5 Å². The van der Waals surface area contributed by atoms with E-state index < -0.39 is 11.7 Å². The average molecular weight is 458 g/mol. The van der Waals surface area contributed by atoms with Crippen molar-refractivity contribution in [1.82, 2.24) is 15.1 Å². The molecule has 0 radical (unpaired) electrons. The van der Waals surface area contributed by atoms with Crippen LogP contribution in [0.15, 0.2) is 48.5 Å². The van der Waals surface area contributed by atoms with E-state index in [1.54, 1.807) is 42.3 Å². The summed E-state index contributed by atoms with van der Waals surface area (Å²) in [5, 5.41) is 2.59. The van der Waals surface area contributed by atoms with E-state index in [1.807, 2.05) is 26.8 Å². The first-order valence-electron chi connectivity index (χ1n) is 11.1. The van der Waals surface area contributed by atoms with E-state index >= 15 is 0 Å². The summed E-state index contributed by atoms with van der Waals surface area (Å²) in [5.41, 5.74) is 0.725. The predicted octanol–water partition coefficient (Wildman–Crippen LogP) is 3.86. The smallest absolute Gasteiger partial charge is 0.410 e. The highest BCUT2D eigenvalue weighted by Crippen LogP contribution is 2.25. The summed E-state index contributed by atoms with van der Waals surface area (Å²) < 4.78 is 25.6. The molecule has 1 heterocycles. The number of benzene rings is 2. The average Bonchev–Trinajstić information content (AvgIpc) is 2.78. The van der Waals surface area contributed by atoms with Crippen LogP contribution in [0.4, 0.5) is 9.18 Å². The number of carbonyl (C=O) groups is 2. The first kappa shape index (κ1) is 24.5. The second kappa shape index (κ2) is 10.7. The highest BCUT2D eigenvalue weighted by molar-refractivity contribution is 5.94. The maximum atomic E-state index is 13.9. The topological polar surface area (TPSA) is 71.1 Å². The number of rotatable bonds is 6. The summed E-state index contributed by atoms with van der Waals surface area (Å²) in [4.78, 5) is 28.0. The number of nitrogens with zero attached hydrogens (tertiary/aromatic N) is 2. The van der Waals surface area contributed by atoms with Crippen molar-refractivity contribution in [1.29, 1.82) is 0 Å². The van der Waals surface area contributed by atoms with Gasteiger partial charge in [-0.15, -0.1) is 0 Å². The Hall–Kier alpha value is -3.13. The highest BCUT2D eigenvalue weighted by atomic mass is 19.1. The summed E-state index contributed by atoms with van der Waals surface area (Å²) in [6, 6.07) is 13.2. The zero-order valence-electron chi connectivity index (χ0n) is 19.6. The summed E-state index contributed by atoms with van der Waals surface area (Å²) >= 11 is 0. The standard InChI is InChI=1S/C25H32FN3O4/c1-25(2,3)33-24(31)29-14-12-28(13-15-29)17-22(19-6-5-7-20(26)16-19)32-21-10-8-18(9-11-21)23(30)27-4/h5-11,16,22H,12-15,17H2,1-4H3,(H,27,30). The van der Waals surface area contributed by atoms with Crippen molar-refractivity contribution < 1.29 is 23.5 Å². The molecule has 33 heavy (non-hydrogen) atoms. The Balaban J connectivity index is 1.67. The Morgan fingerprint density at radius 1 is 1.06 bits per heavy atom. The molecule has 178 valence electrons. The Bertz CT molecular complexity index is 951. The van der Waals surface area contributed by atoms with Gasteiger partial charge in [-0.1, -0.05) is 12.1 Å². The molecule has 2 aromatic carbocycles. The van der Waals surface area contributed by atoms with Crippen LogP contribution in [0.3, 0.4) is 0 Å². The van der Waals surface area contributed by atoms with Crippen LogP contribution in [0.25, 0.3) is 0 Å². The highest BCUT2D eigenvalue weighted by Gasteiger charge is 2.28. The summed E-state index contributed by atoms with van der Waals surface area (Å²) in [6.07, 6.45) is -0.726. The number of hydrogen-bond donors (Lipinski definition) is 1. The van der Waals surface area contributed by atoms with Crippen LogP contribution >= 0.6 is 0 Å². The predicted molar refractivity (Wildman–Crippen MR) is 124 cm³/mol. The van der Waals surface area contributed by atoms with Crippen molar-refractivity contribution >= 4 is 12.0 Å². The fourth-order valence-electron chi connectivity index (χ4n) is 3.59. The molecule has 1 N–H and O–H groups in total. The Morgan fingerprint density at radius 2 is 1.73 bits per heavy atom. The number of hydrogen-bond acceptors (Lipinski definition) is 5. The minimum absolute atomic E-state index is 0.175. The van der Waals surface area contributed by atoms with Crippen LogP contribution in [0.2, 0.25) is 0 Å². The number of piperazine rings is 1. The molecule has 1 aliphatic heterocycles. The molecule has 7 nitrogen and oxygen atoms in total. The quantitative estimate of drug-likeness (QED) is 0.713. The van der Waals surface area contributed by atoms with E-state index in [9.17, 15) is 14.0 Å². The van der Waals surface area contributed by atoms with Crippen LogP contribution in [-0.4, -0.2) is 67.2 Å². The molecule has 1 fully saturated rings. The molecular weight excluding hydrogens is 425 g/mol. The van der Waals surface area contributed by atoms with E-state index in [4.69, 9.17) is 9.47 Å². The van der Waals surface area contributed by atoms with Gasteiger partial charge >= 0.3 is 6.09 Å². The molecule has 2 aromatic rings. The summed E-state index contributed by atoms with van der Waals surface area (Å²) in [5.74, 6) is 0.0844. The zero-order chi connectivity index (χ0) is 24.0. The van der Waals surface area contributed by atoms with Crippen molar-refractivity contribution in [3.05, 3.63) is 65.5 Å². The number of nitrogens with one attached hydrogen (secondary N) is 1. The van der Waals surface area contributed by atoms with Crippen LogP contribution in [0.5, 0.6) is 5.75 Å². The monoisotopic (exact) mass is 457 g/mol. The molecular formula is C25H32FN3O4. The molecule has 1 saturated heterocycles. The van der Waals surface area contributed by atoms with E-state index in [0.717, 1.165) is 5.56 Å². The Labute approximate surface area is 194 Å². The molecule has 0 aromatic heterocycles. The Kier molecular flexibility index (Phi) is 7.92. The lowest BCUT2D eigenvalue weighted by molar-refractivity contribution is 0.0111. The zero-order valence-corrected chi connectivity index (χ0v) is 19.6. The largest absolute Gasteiger partial charge is 0.484 e. The van der Waals surface area contributed by atoms with Crippen LogP contribution in [0, 0.1) is 5.82 Å². The van der Waals surface area contributed by atoms with E-state index in [2.05, 4.69) is 10.2 Å². The van der Waals surface area contributed by atoms with Crippen LogP contribution in [-0.2, 0) is 4.74 Å². The van der Waals surface area contributed by atoms with Gasteiger partial charge in [0.25, 0.3) is 5.91 Å². The van der Waals surface area contributed by atoms with E-state index in [-0.39, 0.29) is 17.8 Å². The summed E-state index contributed by atoms with van der Waals surface area (Å²) in [7, 11) is 1.58. The molecule has 0 spiro atoms. The van der Waals surface area contributed by atoms with Crippen molar-refractivity contribution in [3.63, 3.8) is 0 Å². The lowest BCUT2D eigenvalue weighted by Gasteiger charge is -2.37. The SMILES string of the molecule is CNC(=O)c1ccc(OC(CN2CCN(C(=O)OC(C)(C)C)CC2)c2cccc(F)c2)cc1. The van der Waals surface area contributed by atoms with Gasteiger partial charge in [0.15, 0.2) is 0 Å². The number of halogens is 1. The van der Waals surface area contributed by atoms with Gasteiger partial charge in [-0.3, -0.25) is 9.69 Å². The van der Waals surface area contributed by atoms with Gasteiger partial charge in [0.05, 0.1) is 0 Å². The maximum Gasteiger partial charge on any atom is 0.410 e. The van der Waals surface area contributed by atoms with Crippen molar-refractivity contribution in [2.75, 3.05) is 39.8 Å². The second-order valence-electron chi connectivity index (χ2n) is 9.03. The van der Waals surface area contributed by atoms with E-state index in [1.165, 1.54) is 12.1 Å². The Morgan fingerprint density at radius 3 is 2.30 bits per heavy atom. The minimum Gasteiger partial charge on any atom is -0.484 e. The minimum atomic E-state index is -0.530. The molecule has 8 heteroatoms. The van der Waals surface area contributed by atoms with Gasteiger partial charge in [0, 0.05) is 45.3 Å². The molecule has 3 rings (SSSR count). The van der Waals surface area contributed by atoms with Gasteiger partial charge in [0.1, 0.15) is 23.3 Å². The third kappa shape index (κ3) is 7.18. The van der Waals surface area contributed by atoms with Crippen LogP contribution in [0.1, 0.15) is 42.8 Å². The van der Waals surface area contributed by atoms with Gasteiger partial charge < -0.3 is 19.7 Å².